The van der Waals surface area contributed by atoms with Crippen molar-refractivity contribution in [3.63, 3.8) is 0 Å². The zero-order valence-electron chi connectivity index (χ0n) is 8.46. The Morgan fingerprint density at radius 1 is 1.23 bits per heavy atom. The van der Waals surface area contributed by atoms with E-state index in [1.807, 2.05) is 6.21 Å². The molecule has 0 saturated heterocycles. The lowest BCUT2D eigenvalue weighted by atomic mass is 9.85. The van der Waals surface area contributed by atoms with E-state index in [4.69, 9.17) is 0 Å². The van der Waals surface area contributed by atoms with E-state index in [0.717, 1.165) is 6.54 Å². The van der Waals surface area contributed by atoms with Crippen LogP contribution in [0.4, 0.5) is 0 Å². The summed E-state index contributed by atoms with van der Waals surface area (Å²) < 4.78 is 0. The van der Waals surface area contributed by atoms with Crippen molar-refractivity contribution in [3.8, 4) is 0 Å². The molecule has 0 spiro atoms. The molecule has 0 amide bonds. The van der Waals surface area contributed by atoms with Crippen LogP contribution in [0.15, 0.2) is 23.2 Å². The van der Waals surface area contributed by atoms with Crippen LogP contribution in [0, 0.1) is 0 Å². The lowest BCUT2D eigenvalue weighted by Gasteiger charge is -2.19. The molecule has 1 aliphatic heterocycles. The Morgan fingerprint density at radius 2 is 2.00 bits per heavy atom. The fraction of sp³-hybridized carbons (Fsp3) is 0.417. The first-order valence-corrected chi connectivity index (χ1v) is 4.70. The second-order valence-electron chi connectivity index (χ2n) is 4.63. The molecule has 0 atom stereocenters. The Balaban J connectivity index is 2.47. The van der Waals surface area contributed by atoms with Crippen LogP contribution in [0.2, 0.25) is 0 Å². The van der Waals surface area contributed by atoms with Gasteiger partial charge in [0.2, 0.25) is 0 Å². The van der Waals surface area contributed by atoms with E-state index in [1.165, 1.54) is 16.7 Å². The molecule has 0 aliphatic carbocycles. The molecule has 68 valence electrons. The molecular formula is C12H15N. The normalized spacial score (nSPS) is 14.7. The Kier molecular flexibility index (Phi) is 1.76. The van der Waals surface area contributed by atoms with Crippen molar-refractivity contribution in [1.82, 2.24) is 0 Å². The van der Waals surface area contributed by atoms with Gasteiger partial charge in [0.15, 0.2) is 0 Å². The molecule has 1 nitrogen and oxygen atoms in total. The van der Waals surface area contributed by atoms with Gasteiger partial charge in [-0.15, -0.1) is 0 Å². The minimum Gasteiger partial charge on any atom is -0.288 e. The first kappa shape index (κ1) is 8.49. The topological polar surface area (TPSA) is 12.4 Å². The Labute approximate surface area is 79.5 Å². The van der Waals surface area contributed by atoms with Gasteiger partial charge in [0, 0.05) is 6.21 Å². The first-order valence-electron chi connectivity index (χ1n) is 4.70. The maximum absolute atomic E-state index is 4.25. The third-order valence-electron chi connectivity index (χ3n) is 2.50. The van der Waals surface area contributed by atoms with Crippen molar-refractivity contribution in [3.05, 3.63) is 34.9 Å². The third-order valence-corrected chi connectivity index (χ3v) is 2.50. The second kappa shape index (κ2) is 2.69. The van der Waals surface area contributed by atoms with Gasteiger partial charge < -0.3 is 0 Å². The van der Waals surface area contributed by atoms with Crippen LogP contribution in [-0.4, -0.2) is 6.21 Å². The summed E-state index contributed by atoms with van der Waals surface area (Å²) in [6.07, 6.45) is 1.98. The molecule has 1 aromatic rings. The van der Waals surface area contributed by atoms with Crippen LogP contribution in [0.5, 0.6) is 0 Å². The number of aliphatic imine (C=N–C) groups is 1. The molecule has 0 N–H and O–H groups in total. The van der Waals surface area contributed by atoms with Gasteiger partial charge in [-0.3, -0.25) is 4.99 Å². The fourth-order valence-corrected chi connectivity index (χ4v) is 1.57. The monoisotopic (exact) mass is 173 g/mol. The number of fused-ring (bicyclic) bond motifs is 1. The molecule has 0 bridgehead atoms. The fourth-order valence-electron chi connectivity index (χ4n) is 1.57. The van der Waals surface area contributed by atoms with Crippen LogP contribution < -0.4 is 0 Å². The minimum absolute atomic E-state index is 0.242. The van der Waals surface area contributed by atoms with Gasteiger partial charge in [-0.1, -0.05) is 32.9 Å². The predicted octanol–water partition coefficient (Wildman–Crippen LogP) is 2.92. The van der Waals surface area contributed by atoms with Crippen LogP contribution in [-0.2, 0) is 12.0 Å². The van der Waals surface area contributed by atoms with E-state index in [9.17, 15) is 0 Å². The highest BCUT2D eigenvalue weighted by Gasteiger charge is 2.15. The molecular weight excluding hydrogens is 158 g/mol. The molecule has 1 aromatic carbocycles. The number of benzene rings is 1. The van der Waals surface area contributed by atoms with E-state index < -0.39 is 0 Å². The molecule has 0 saturated carbocycles. The molecule has 1 heteroatoms. The molecule has 0 radical (unpaired) electrons. The number of nitrogens with zero attached hydrogens (tertiary/aromatic N) is 1. The van der Waals surface area contributed by atoms with Crippen molar-refractivity contribution in [2.24, 2.45) is 4.99 Å². The second-order valence-corrected chi connectivity index (χ2v) is 4.63. The summed E-state index contributed by atoms with van der Waals surface area (Å²) >= 11 is 0. The Hall–Kier alpha value is -1.11. The zero-order valence-corrected chi connectivity index (χ0v) is 8.46. The van der Waals surface area contributed by atoms with E-state index in [0.29, 0.717) is 0 Å². The highest BCUT2D eigenvalue weighted by Crippen LogP contribution is 2.25. The summed E-state index contributed by atoms with van der Waals surface area (Å²) in [6, 6.07) is 6.67. The summed E-state index contributed by atoms with van der Waals surface area (Å²) in [5, 5.41) is 0. The number of hydrogen-bond acceptors (Lipinski definition) is 1. The standard InChI is InChI=1S/C12H15N/c1-12(2,3)11-5-4-9-7-13-8-10(9)6-11/h4-6,8H,7H2,1-3H3. The van der Waals surface area contributed by atoms with Crippen LogP contribution in [0.3, 0.4) is 0 Å². The smallest absolute Gasteiger partial charge is 0.0646 e. The summed E-state index contributed by atoms with van der Waals surface area (Å²) in [5.41, 5.74) is 4.28. The summed E-state index contributed by atoms with van der Waals surface area (Å²) in [7, 11) is 0. The van der Waals surface area contributed by atoms with E-state index in [-0.39, 0.29) is 5.41 Å². The maximum atomic E-state index is 4.25. The molecule has 0 unspecified atom stereocenters. The van der Waals surface area contributed by atoms with Crippen molar-refractivity contribution in [1.29, 1.82) is 0 Å². The van der Waals surface area contributed by atoms with Gasteiger partial charge >= 0.3 is 0 Å². The van der Waals surface area contributed by atoms with Crippen LogP contribution in [0.25, 0.3) is 0 Å². The zero-order chi connectivity index (χ0) is 9.47. The molecule has 1 heterocycles. The Bertz CT molecular complexity index is 356. The molecule has 0 aromatic heterocycles. The summed E-state index contributed by atoms with van der Waals surface area (Å²) in [5.74, 6) is 0. The third kappa shape index (κ3) is 1.51. The Morgan fingerprint density at radius 3 is 2.69 bits per heavy atom. The average Bonchev–Trinajstić information content (AvgIpc) is 2.47. The largest absolute Gasteiger partial charge is 0.288 e. The van der Waals surface area contributed by atoms with Crippen molar-refractivity contribution in [2.45, 2.75) is 32.7 Å². The average molecular weight is 173 g/mol. The van der Waals surface area contributed by atoms with Gasteiger partial charge in [0.25, 0.3) is 0 Å². The minimum atomic E-state index is 0.242. The van der Waals surface area contributed by atoms with Crippen molar-refractivity contribution >= 4 is 6.21 Å². The van der Waals surface area contributed by atoms with Crippen LogP contribution >= 0.6 is 0 Å². The first-order chi connectivity index (χ1) is 6.07. The van der Waals surface area contributed by atoms with Crippen LogP contribution in [0.1, 0.15) is 37.5 Å². The molecule has 13 heavy (non-hydrogen) atoms. The van der Waals surface area contributed by atoms with Gasteiger partial charge in [-0.05, 0) is 28.2 Å². The van der Waals surface area contributed by atoms with Gasteiger partial charge in [0.1, 0.15) is 0 Å². The summed E-state index contributed by atoms with van der Waals surface area (Å²) in [6.45, 7) is 7.57. The molecule has 2 rings (SSSR count). The summed E-state index contributed by atoms with van der Waals surface area (Å²) in [4.78, 5) is 4.25. The van der Waals surface area contributed by atoms with Gasteiger partial charge in [0.05, 0.1) is 6.54 Å². The lowest BCUT2D eigenvalue weighted by Crippen LogP contribution is -2.11. The maximum Gasteiger partial charge on any atom is 0.0646 e. The van der Waals surface area contributed by atoms with Crippen molar-refractivity contribution in [2.75, 3.05) is 0 Å². The highest BCUT2D eigenvalue weighted by atomic mass is 14.7. The lowest BCUT2D eigenvalue weighted by molar-refractivity contribution is 0.590. The number of rotatable bonds is 0. The number of hydrogen-bond donors (Lipinski definition) is 0. The quantitative estimate of drug-likeness (QED) is 0.572. The SMILES string of the molecule is CC(C)(C)c1ccc2c(c1)C=NC2. The van der Waals surface area contributed by atoms with E-state index in [1.54, 1.807) is 0 Å². The van der Waals surface area contributed by atoms with Gasteiger partial charge in [-0.2, -0.15) is 0 Å². The van der Waals surface area contributed by atoms with E-state index in [2.05, 4.69) is 44.0 Å². The molecule has 0 fully saturated rings. The molecule has 1 aliphatic rings. The van der Waals surface area contributed by atoms with Gasteiger partial charge in [-0.25, -0.2) is 0 Å². The van der Waals surface area contributed by atoms with E-state index >= 15 is 0 Å². The predicted molar refractivity (Wildman–Crippen MR) is 56.4 cm³/mol. The van der Waals surface area contributed by atoms with Crippen molar-refractivity contribution < 1.29 is 0 Å². The highest BCUT2D eigenvalue weighted by molar-refractivity contribution is 5.84.